The number of amidine groups is 1. The van der Waals surface area contributed by atoms with Gasteiger partial charge < -0.3 is 10.2 Å². The van der Waals surface area contributed by atoms with Gasteiger partial charge >= 0.3 is 0 Å². The van der Waals surface area contributed by atoms with E-state index < -0.39 is 11.3 Å². The molecule has 1 aromatic rings. The molecule has 3 aliphatic rings. The van der Waals surface area contributed by atoms with Crippen molar-refractivity contribution in [2.75, 3.05) is 25.4 Å². The molecular weight excluding hydrogens is 375 g/mol. The van der Waals surface area contributed by atoms with Gasteiger partial charge in [0, 0.05) is 31.8 Å². The number of hydrogen-bond donors (Lipinski definition) is 1. The zero-order valence-electron chi connectivity index (χ0n) is 13.1. The molecule has 0 bridgehead atoms. The fourth-order valence-corrected chi connectivity index (χ4v) is 4.30. The van der Waals surface area contributed by atoms with E-state index in [2.05, 4.69) is 21.3 Å². The molecule has 1 N–H and O–H groups in total. The summed E-state index contributed by atoms with van der Waals surface area (Å²) in [5.74, 6) is -1.52. The van der Waals surface area contributed by atoms with Crippen LogP contribution in [0.2, 0.25) is 0 Å². The van der Waals surface area contributed by atoms with Crippen LogP contribution in [0.25, 0.3) is 0 Å². The van der Waals surface area contributed by atoms with E-state index in [1.165, 1.54) is 5.56 Å². The van der Waals surface area contributed by atoms with E-state index in [9.17, 15) is 8.78 Å². The SMILES string of the molecule is Cl.Cl.FC1(F)CC12CCN(CCSC1=Nc3ccccc3CN1)C2. The quantitative estimate of drug-likeness (QED) is 0.834. The lowest BCUT2D eigenvalue weighted by molar-refractivity contribution is 0.0666. The zero-order valence-corrected chi connectivity index (χ0v) is 15.6. The standard InChI is InChI=1S/C16H19F2N3S.2ClH/c17-16(18)10-15(16)5-6-21(11-15)7-8-22-14-19-9-12-3-1-2-4-13(12)20-14;;/h1-4H,5-11H2,(H,19,20);2*1H. The average molecular weight is 396 g/mol. The van der Waals surface area contributed by atoms with Gasteiger partial charge in [-0.05, 0) is 24.6 Å². The Hall–Kier alpha value is -0.560. The number of para-hydroxylation sites is 1. The minimum atomic E-state index is -2.41. The summed E-state index contributed by atoms with van der Waals surface area (Å²) >= 11 is 1.68. The van der Waals surface area contributed by atoms with Crippen LogP contribution in [-0.4, -0.2) is 41.4 Å². The molecule has 3 nitrogen and oxygen atoms in total. The highest BCUT2D eigenvalue weighted by molar-refractivity contribution is 8.13. The number of alkyl halides is 2. The Labute approximate surface area is 157 Å². The first-order valence-electron chi connectivity index (χ1n) is 7.72. The van der Waals surface area contributed by atoms with Gasteiger partial charge in [0.05, 0.1) is 11.1 Å². The highest BCUT2D eigenvalue weighted by Crippen LogP contribution is 2.64. The van der Waals surface area contributed by atoms with Gasteiger partial charge in [0.2, 0.25) is 0 Å². The van der Waals surface area contributed by atoms with Crippen LogP contribution in [-0.2, 0) is 6.54 Å². The van der Waals surface area contributed by atoms with Gasteiger partial charge in [0.1, 0.15) is 0 Å². The number of fused-ring (bicyclic) bond motifs is 1. The molecule has 0 amide bonds. The van der Waals surface area contributed by atoms with Gasteiger partial charge in [-0.15, -0.1) is 24.8 Å². The van der Waals surface area contributed by atoms with E-state index >= 15 is 0 Å². The Balaban J connectivity index is 0.00000104. The van der Waals surface area contributed by atoms with E-state index in [4.69, 9.17) is 0 Å². The maximum absolute atomic E-state index is 13.4. The molecule has 1 saturated heterocycles. The number of rotatable bonds is 3. The van der Waals surface area contributed by atoms with E-state index in [0.717, 1.165) is 36.2 Å². The van der Waals surface area contributed by atoms with Crippen molar-refractivity contribution in [3.63, 3.8) is 0 Å². The summed E-state index contributed by atoms with van der Waals surface area (Å²) in [5, 5.41) is 4.25. The Bertz CT molecular complexity index is 629. The monoisotopic (exact) mass is 395 g/mol. The number of nitrogens with zero attached hydrogens (tertiary/aromatic N) is 2. The summed E-state index contributed by atoms with van der Waals surface area (Å²) in [6, 6.07) is 8.11. The van der Waals surface area contributed by atoms with Crippen LogP contribution in [0.1, 0.15) is 18.4 Å². The Kier molecular flexibility index (Phi) is 6.06. The van der Waals surface area contributed by atoms with Gasteiger partial charge in [0.15, 0.2) is 5.17 Å². The predicted octanol–water partition coefficient (Wildman–Crippen LogP) is 4.09. The smallest absolute Gasteiger partial charge is 0.255 e. The van der Waals surface area contributed by atoms with Crippen LogP contribution in [0.15, 0.2) is 29.3 Å². The number of aliphatic imine (C=N–C) groups is 1. The van der Waals surface area contributed by atoms with Gasteiger partial charge in [-0.3, -0.25) is 0 Å². The van der Waals surface area contributed by atoms with E-state index in [0.29, 0.717) is 13.0 Å². The molecule has 1 unspecified atom stereocenters. The summed E-state index contributed by atoms with van der Waals surface area (Å²) < 4.78 is 26.7. The fourth-order valence-electron chi connectivity index (χ4n) is 3.42. The predicted molar refractivity (Wildman–Crippen MR) is 100 cm³/mol. The molecule has 1 atom stereocenters. The summed E-state index contributed by atoms with van der Waals surface area (Å²) in [5.41, 5.74) is 1.56. The van der Waals surface area contributed by atoms with Crippen LogP contribution in [0, 0.1) is 5.41 Å². The lowest BCUT2D eigenvalue weighted by Gasteiger charge is -2.19. The maximum Gasteiger partial charge on any atom is 0.255 e. The van der Waals surface area contributed by atoms with Gasteiger partial charge in [-0.25, -0.2) is 13.8 Å². The first-order valence-corrected chi connectivity index (χ1v) is 8.70. The lowest BCUT2D eigenvalue weighted by atomic mass is 10.1. The topological polar surface area (TPSA) is 27.6 Å². The minimum absolute atomic E-state index is 0. The minimum Gasteiger partial charge on any atom is -0.360 e. The molecule has 0 radical (unpaired) electrons. The second-order valence-corrected chi connectivity index (χ2v) is 7.52. The van der Waals surface area contributed by atoms with Crippen molar-refractivity contribution in [1.82, 2.24) is 10.2 Å². The molecule has 1 saturated carbocycles. The third-order valence-electron chi connectivity index (χ3n) is 4.93. The fraction of sp³-hybridized carbons (Fsp3) is 0.562. The van der Waals surface area contributed by atoms with Crippen molar-refractivity contribution in [3.8, 4) is 0 Å². The molecule has 4 rings (SSSR count). The lowest BCUT2D eigenvalue weighted by Crippen LogP contribution is -2.28. The summed E-state index contributed by atoms with van der Waals surface area (Å²) in [6.07, 6.45) is 0.742. The molecule has 1 aliphatic carbocycles. The Morgan fingerprint density at radius 2 is 2.00 bits per heavy atom. The van der Waals surface area contributed by atoms with Crippen molar-refractivity contribution in [2.24, 2.45) is 10.4 Å². The normalized spacial score (nSPS) is 26.7. The van der Waals surface area contributed by atoms with Crippen LogP contribution in [0.5, 0.6) is 0 Å². The number of benzene rings is 1. The van der Waals surface area contributed by atoms with E-state index in [1.807, 2.05) is 18.2 Å². The Morgan fingerprint density at radius 3 is 2.71 bits per heavy atom. The molecule has 2 heterocycles. The second-order valence-electron chi connectivity index (χ2n) is 6.44. The van der Waals surface area contributed by atoms with Crippen LogP contribution >= 0.6 is 36.6 Å². The molecule has 2 aliphatic heterocycles. The maximum atomic E-state index is 13.4. The van der Waals surface area contributed by atoms with Crippen molar-refractivity contribution < 1.29 is 8.78 Å². The van der Waals surface area contributed by atoms with Gasteiger partial charge in [0.25, 0.3) is 5.92 Å². The number of hydrogen-bond acceptors (Lipinski definition) is 4. The van der Waals surface area contributed by atoms with Crippen LogP contribution < -0.4 is 5.32 Å². The third kappa shape index (κ3) is 3.66. The highest BCUT2D eigenvalue weighted by atomic mass is 35.5. The van der Waals surface area contributed by atoms with Crippen molar-refractivity contribution in [3.05, 3.63) is 29.8 Å². The van der Waals surface area contributed by atoms with Gasteiger partial charge in [-0.1, -0.05) is 30.0 Å². The van der Waals surface area contributed by atoms with Crippen LogP contribution in [0.4, 0.5) is 14.5 Å². The number of likely N-dealkylation sites (tertiary alicyclic amines) is 1. The first kappa shape index (κ1) is 19.8. The van der Waals surface area contributed by atoms with E-state index in [-0.39, 0.29) is 31.2 Å². The highest BCUT2D eigenvalue weighted by Gasteiger charge is 2.72. The molecule has 1 aromatic carbocycles. The summed E-state index contributed by atoms with van der Waals surface area (Å²) in [6.45, 7) is 3.02. The summed E-state index contributed by atoms with van der Waals surface area (Å²) in [4.78, 5) is 6.78. The van der Waals surface area contributed by atoms with Crippen molar-refractivity contribution >= 4 is 47.4 Å². The molecule has 1 spiro atoms. The number of nitrogens with one attached hydrogen (secondary N) is 1. The largest absolute Gasteiger partial charge is 0.360 e. The number of thioether (sulfide) groups is 1. The van der Waals surface area contributed by atoms with Crippen LogP contribution in [0.3, 0.4) is 0 Å². The first-order chi connectivity index (χ1) is 10.6. The van der Waals surface area contributed by atoms with Crippen molar-refractivity contribution in [2.45, 2.75) is 25.3 Å². The Morgan fingerprint density at radius 1 is 1.25 bits per heavy atom. The average Bonchev–Trinajstić information content (AvgIpc) is 2.83. The second kappa shape index (κ2) is 7.36. The van der Waals surface area contributed by atoms with Crippen molar-refractivity contribution in [1.29, 1.82) is 0 Å². The number of halogens is 4. The third-order valence-corrected chi connectivity index (χ3v) is 5.83. The molecule has 24 heavy (non-hydrogen) atoms. The van der Waals surface area contributed by atoms with E-state index in [1.54, 1.807) is 11.8 Å². The molecule has 0 aromatic heterocycles. The zero-order chi connectivity index (χ0) is 15.2. The molecule has 8 heteroatoms. The molecule has 134 valence electrons. The summed E-state index contributed by atoms with van der Waals surface area (Å²) in [7, 11) is 0. The molecule has 2 fully saturated rings. The molecular formula is C16H21Cl2F2N3S. The van der Waals surface area contributed by atoms with Gasteiger partial charge in [-0.2, -0.15) is 0 Å².